The van der Waals surface area contributed by atoms with Gasteiger partial charge < -0.3 is 25.4 Å². The Morgan fingerprint density at radius 3 is 2.45 bits per heavy atom. The number of aryl methyl sites for hydroxylation is 1. The fraction of sp³-hybridized carbons (Fsp3) is 0.208. The lowest BCUT2D eigenvalue weighted by Crippen LogP contribution is -2.41. The molecule has 0 aliphatic carbocycles. The van der Waals surface area contributed by atoms with Crippen LogP contribution in [0.1, 0.15) is 23.1 Å². The summed E-state index contributed by atoms with van der Waals surface area (Å²) in [6, 6.07) is 14.3. The molecule has 2 amide bonds. The molecule has 0 aliphatic rings. The molecular formula is C24H24ClN3O5. The zero-order valence-electron chi connectivity index (χ0n) is 17.9. The van der Waals surface area contributed by atoms with Gasteiger partial charge in [0, 0.05) is 17.3 Å². The fourth-order valence-corrected chi connectivity index (χ4v) is 3.54. The molecule has 2 aromatic carbocycles. The largest absolute Gasteiger partial charge is 0.505 e. The van der Waals surface area contributed by atoms with Gasteiger partial charge in [0.05, 0.1) is 13.0 Å². The van der Waals surface area contributed by atoms with Gasteiger partial charge in [-0.05, 0) is 36.6 Å². The number of anilines is 1. The molecule has 1 heterocycles. The smallest absolute Gasteiger partial charge is 0.319 e. The average Bonchev–Trinajstić information content (AvgIpc) is 2.75. The highest BCUT2D eigenvalue weighted by Gasteiger charge is 2.19. The summed E-state index contributed by atoms with van der Waals surface area (Å²) in [5.41, 5.74) is 1.68. The number of nitrogens with zero attached hydrogens (tertiary/aromatic N) is 1. The number of carbonyl (C=O) groups excluding carboxylic acids is 1. The molecule has 9 heteroatoms. The maximum Gasteiger partial charge on any atom is 0.319 e. The minimum atomic E-state index is -1.07. The van der Waals surface area contributed by atoms with Gasteiger partial charge in [0.1, 0.15) is 5.75 Å². The number of pyridine rings is 1. The van der Waals surface area contributed by atoms with Crippen LogP contribution < -0.4 is 16.2 Å². The van der Waals surface area contributed by atoms with Crippen molar-refractivity contribution < 1.29 is 19.8 Å². The molecule has 0 saturated heterocycles. The van der Waals surface area contributed by atoms with E-state index in [0.717, 1.165) is 11.1 Å². The minimum absolute atomic E-state index is 0.143. The van der Waals surface area contributed by atoms with Crippen LogP contribution in [0.5, 0.6) is 5.75 Å². The quantitative estimate of drug-likeness (QED) is 0.400. The molecule has 172 valence electrons. The van der Waals surface area contributed by atoms with Crippen molar-refractivity contribution in [3.05, 3.63) is 92.9 Å². The minimum Gasteiger partial charge on any atom is -0.505 e. The molecular weight excluding hydrogens is 446 g/mol. The fourth-order valence-electron chi connectivity index (χ4n) is 3.35. The third-order valence-corrected chi connectivity index (χ3v) is 5.41. The van der Waals surface area contributed by atoms with Gasteiger partial charge in [-0.2, -0.15) is 0 Å². The predicted molar refractivity (Wildman–Crippen MR) is 126 cm³/mol. The molecule has 0 unspecified atom stereocenters. The Morgan fingerprint density at radius 1 is 1.09 bits per heavy atom. The number of urea groups is 1. The number of carbonyl (C=O) groups is 2. The lowest BCUT2D eigenvalue weighted by molar-refractivity contribution is -0.137. The first-order chi connectivity index (χ1) is 15.7. The van der Waals surface area contributed by atoms with Gasteiger partial charge >= 0.3 is 12.0 Å². The van der Waals surface area contributed by atoms with Crippen LogP contribution in [-0.4, -0.2) is 32.8 Å². The van der Waals surface area contributed by atoms with Crippen LogP contribution in [0, 0.1) is 6.92 Å². The number of aromatic hydroxyl groups is 1. The van der Waals surface area contributed by atoms with Crippen LogP contribution in [0.3, 0.4) is 0 Å². The summed E-state index contributed by atoms with van der Waals surface area (Å²) in [7, 11) is 0. The number of hydrogen-bond donors (Lipinski definition) is 4. The summed E-state index contributed by atoms with van der Waals surface area (Å²) in [6.45, 7) is 2.08. The van der Waals surface area contributed by atoms with E-state index in [9.17, 15) is 24.6 Å². The second-order valence-electron chi connectivity index (χ2n) is 7.68. The van der Waals surface area contributed by atoms with Crippen LogP contribution in [0.2, 0.25) is 5.02 Å². The standard InChI is InChI=1S/C24H24ClN3O5/c1-15-6-8-16(9-7-15)12-18(13-21(30)31)26-24(33)27-22-20(29)10-11-28(23(22)32)14-17-4-2-3-5-19(17)25/h2-11,18,29H,12-14H2,1H3,(H,30,31)(H2,26,27,33)/t18-/m1/s1. The van der Waals surface area contributed by atoms with Crippen LogP contribution in [-0.2, 0) is 17.8 Å². The highest BCUT2D eigenvalue weighted by Crippen LogP contribution is 2.20. The topological polar surface area (TPSA) is 121 Å². The summed E-state index contributed by atoms with van der Waals surface area (Å²) in [5.74, 6) is -1.48. The molecule has 0 bridgehead atoms. The van der Waals surface area contributed by atoms with Gasteiger partial charge in [0.15, 0.2) is 5.69 Å². The van der Waals surface area contributed by atoms with E-state index in [1.165, 1.54) is 16.8 Å². The molecule has 0 spiro atoms. The van der Waals surface area contributed by atoms with E-state index in [2.05, 4.69) is 10.6 Å². The number of amides is 2. The van der Waals surface area contributed by atoms with Gasteiger partial charge in [-0.1, -0.05) is 59.6 Å². The normalized spacial score (nSPS) is 11.6. The molecule has 3 aromatic rings. The van der Waals surface area contributed by atoms with Crippen molar-refractivity contribution in [2.24, 2.45) is 0 Å². The van der Waals surface area contributed by atoms with Crippen molar-refractivity contribution in [3.63, 3.8) is 0 Å². The number of benzene rings is 2. The van der Waals surface area contributed by atoms with E-state index < -0.39 is 29.4 Å². The summed E-state index contributed by atoms with van der Waals surface area (Å²) in [5, 5.41) is 24.8. The molecule has 8 nitrogen and oxygen atoms in total. The van der Waals surface area contributed by atoms with Crippen molar-refractivity contribution in [1.82, 2.24) is 9.88 Å². The second-order valence-corrected chi connectivity index (χ2v) is 8.09. The third-order valence-electron chi connectivity index (χ3n) is 5.04. The Balaban J connectivity index is 1.76. The first-order valence-corrected chi connectivity index (χ1v) is 10.6. The van der Waals surface area contributed by atoms with Gasteiger partial charge in [0.25, 0.3) is 5.56 Å². The predicted octanol–water partition coefficient (Wildman–Crippen LogP) is 3.77. The average molecular weight is 470 g/mol. The lowest BCUT2D eigenvalue weighted by atomic mass is 10.0. The number of aliphatic carboxylic acids is 1. The SMILES string of the molecule is Cc1ccc(C[C@H](CC(=O)O)NC(=O)Nc2c(O)ccn(Cc3ccccc3Cl)c2=O)cc1. The van der Waals surface area contributed by atoms with E-state index in [4.69, 9.17) is 11.6 Å². The number of aromatic nitrogens is 1. The Labute approximate surface area is 195 Å². The molecule has 0 fully saturated rings. The van der Waals surface area contributed by atoms with Gasteiger partial charge in [-0.15, -0.1) is 0 Å². The second kappa shape index (κ2) is 10.7. The van der Waals surface area contributed by atoms with Gasteiger partial charge in [0.2, 0.25) is 0 Å². The first-order valence-electron chi connectivity index (χ1n) is 10.2. The first kappa shape index (κ1) is 23.9. The molecule has 1 aromatic heterocycles. The lowest BCUT2D eigenvalue weighted by Gasteiger charge is -2.18. The summed E-state index contributed by atoms with van der Waals surface area (Å²) in [6.07, 6.45) is 1.38. The molecule has 0 aliphatic heterocycles. The Morgan fingerprint density at radius 2 is 1.79 bits per heavy atom. The van der Waals surface area contributed by atoms with Crippen molar-refractivity contribution >= 4 is 29.3 Å². The molecule has 0 saturated carbocycles. The van der Waals surface area contributed by atoms with Crippen LogP contribution >= 0.6 is 11.6 Å². The molecule has 1 atom stereocenters. The van der Waals surface area contributed by atoms with Crippen molar-refractivity contribution in [2.75, 3.05) is 5.32 Å². The van der Waals surface area contributed by atoms with Crippen molar-refractivity contribution in [2.45, 2.75) is 32.4 Å². The van der Waals surface area contributed by atoms with E-state index in [1.807, 2.05) is 31.2 Å². The molecule has 0 radical (unpaired) electrons. The van der Waals surface area contributed by atoms with E-state index in [-0.39, 0.29) is 25.1 Å². The van der Waals surface area contributed by atoms with E-state index >= 15 is 0 Å². The number of halogens is 1. The number of nitrogens with one attached hydrogen (secondary N) is 2. The number of carboxylic acids is 1. The maximum absolute atomic E-state index is 12.9. The van der Waals surface area contributed by atoms with E-state index in [0.29, 0.717) is 10.6 Å². The number of carboxylic acid groups (broad SMARTS) is 1. The van der Waals surface area contributed by atoms with Crippen molar-refractivity contribution in [1.29, 1.82) is 0 Å². The molecule has 4 N–H and O–H groups in total. The molecule has 33 heavy (non-hydrogen) atoms. The highest BCUT2D eigenvalue weighted by atomic mass is 35.5. The van der Waals surface area contributed by atoms with Gasteiger partial charge in [-0.25, -0.2) is 4.79 Å². The molecule has 3 rings (SSSR count). The van der Waals surface area contributed by atoms with E-state index in [1.54, 1.807) is 24.3 Å². The van der Waals surface area contributed by atoms with Crippen LogP contribution in [0.15, 0.2) is 65.6 Å². The highest BCUT2D eigenvalue weighted by molar-refractivity contribution is 6.31. The number of hydrogen-bond acceptors (Lipinski definition) is 4. The zero-order chi connectivity index (χ0) is 24.0. The Hall–Kier alpha value is -3.78. The monoisotopic (exact) mass is 469 g/mol. The summed E-state index contributed by atoms with van der Waals surface area (Å²) >= 11 is 6.16. The van der Waals surface area contributed by atoms with Gasteiger partial charge in [-0.3, -0.25) is 9.59 Å². The Kier molecular flexibility index (Phi) is 7.74. The van der Waals surface area contributed by atoms with Crippen LogP contribution in [0.25, 0.3) is 0 Å². The maximum atomic E-state index is 12.9. The van der Waals surface area contributed by atoms with Crippen LogP contribution in [0.4, 0.5) is 10.5 Å². The zero-order valence-corrected chi connectivity index (χ0v) is 18.7. The van der Waals surface area contributed by atoms with Crippen molar-refractivity contribution in [3.8, 4) is 5.75 Å². The Bertz CT molecular complexity index is 1210. The summed E-state index contributed by atoms with van der Waals surface area (Å²) < 4.78 is 1.30. The third kappa shape index (κ3) is 6.60. The summed E-state index contributed by atoms with van der Waals surface area (Å²) in [4.78, 5) is 36.7. The number of rotatable bonds is 8.